The van der Waals surface area contributed by atoms with Crippen LogP contribution in [-0.4, -0.2) is 37.1 Å². The summed E-state index contributed by atoms with van der Waals surface area (Å²) in [5, 5.41) is 10.9. The van der Waals surface area contributed by atoms with Gasteiger partial charge in [-0.1, -0.05) is 44.2 Å². The zero-order chi connectivity index (χ0) is 24.9. The number of hydrogen-bond donors (Lipinski definition) is 1. The van der Waals surface area contributed by atoms with Crippen LogP contribution in [0.4, 0.5) is 5.69 Å². The van der Waals surface area contributed by atoms with Gasteiger partial charge in [-0.15, -0.1) is 0 Å². The van der Waals surface area contributed by atoms with Gasteiger partial charge in [-0.3, -0.25) is 14.5 Å². The molecule has 0 saturated heterocycles. The van der Waals surface area contributed by atoms with Crippen molar-refractivity contribution in [2.75, 3.05) is 25.2 Å². The maximum Gasteiger partial charge on any atom is 0.294 e. The molecule has 1 unspecified atom stereocenters. The summed E-state index contributed by atoms with van der Waals surface area (Å²) in [5.41, 5.74) is 3.09. The molecular weight excluding hydrogens is 446 g/mol. The number of benzene rings is 2. The molecule has 1 atom stereocenters. The highest BCUT2D eigenvalue weighted by Gasteiger charge is 2.45. The van der Waals surface area contributed by atoms with Gasteiger partial charge in [0.2, 0.25) is 0 Å². The fourth-order valence-electron chi connectivity index (χ4n) is 4.25. The van der Waals surface area contributed by atoms with E-state index in [4.69, 9.17) is 13.9 Å². The van der Waals surface area contributed by atoms with Crippen LogP contribution in [0.2, 0.25) is 0 Å². The number of aliphatic hydroxyl groups excluding tert-OH is 1. The summed E-state index contributed by atoms with van der Waals surface area (Å²) in [6, 6.07) is 15.6. The highest BCUT2D eigenvalue weighted by atomic mass is 16.5. The Hall–Kier alpha value is -3.84. The SMILES string of the molecule is COCCOc1ccccc1C1C(C(=O)CC(C)C)=C(O)C(=O)N1c1ccc(-c2ccoc2)cc1. The molecule has 0 aliphatic carbocycles. The molecule has 1 aliphatic heterocycles. The van der Waals surface area contributed by atoms with Crippen molar-refractivity contribution in [3.63, 3.8) is 0 Å². The third-order valence-corrected chi connectivity index (χ3v) is 5.86. The Balaban J connectivity index is 1.79. The van der Waals surface area contributed by atoms with Crippen LogP contribution in [0.15, 0.2) is 82.9 Å². The number of rotatable bonds is 10. The Morgan fingerprint density at radius 3 is 2.46 bits per heavy atom. The number of anilines is 1. The van der Waals surface area contributed by atoms with E-state index >= 15 is 0 Å². The maximum absolute atomic E-state index is 13.4. The molecule has 0 bridgehead atoms. The molecule has 0 spiro atoms. The Morgan fingerprint density at radius 1 is 1.06 bits per heavy atom. The number of carbonyl (C=O) groups is 2. The van der Waals surface area contributed by atoms with E-state index in [1.54, 1.807) is 37.8 Å². The maximum atomic E-state index is 13.4. The predicted octanol–water partition coefficient (Wildman–Crippen LogP) is 5.49. The second-order valence-corrected chi connectivity index (χ2v) is 8.80. The minimum Gasteiger partial charge on any atom is -0.503 e. The van der Waals surface area contributed by atoms with Gasteiger partial charge in [-0.2, -0.15) is 0 Å². The number of methoxy groups -OCH3 is 1. The number of furan rings is 1. The van der Waals surface area contributed by atoms with Crippen LogP contribution in [0, 0.1) is 5.92 Å². The Kier molecular flexibility index (Phi) is 7.36. The molecule has 0 radical (unpaired) electrons. The third kappa shape index (κ3) is 5.00. The number of amides is 1. The van der Waals surface area contributed by atoms with Gasteiger partial charge in [-0.05, 0) is 35.7 Å². The molecule has 2 heterocycles. The highest BCUT2D eigenvalue weighted by molar-refractivity contribution is 6.16. The molecule has 1 aromatic heterocycles. The van der Waals surface area contributed by atoms with E-state index in [9.17, 15) is 14.7 Å². The number of ether oxygens (including phenoxy) is 2. The average molecular weight is 476 g/mol. The number of Topliss-reactive ketones (excluding diaryl/α,β-unsaturated/α-hetero) is 1. The van der Waals surface area contributed by atoms with Crippen LogP contribution in [0.5, 0.6) is 5.75 Å². The highest BCUT2D eigenvalue weighted by Crippen LogP contribution is 2.44. The van der Waals surface area contributed by atoms with Gasteiger partial charge in [-0.25, -0.2) is 0 Å². The second kappa shape index (κ2) is 10.6. The normalized spacial score (nSPS) is 15.8. The Bertz CT molecular complexity index is 1210. The van der Waals surface area contributed by atoms with E-state index in [1.807, 2.05) is 50.2 Å². The van der Waals surface area contributed by atoms with E-state index in [1.165, 1.54) is 4.90 Å². The molecule has 7 heteroatoms. The summed E-state index contributed by atoms with van der Waals surface area (Å²) >= 11 is 0. The first-order valence-electron chi connectivity index (χ1n) is 11.6. The Morgan fingerprint density at radius 2 is 1.80 bits per heavy atom. The molecule has 182 valence electrons. The van der Waals surface area contributed by atoms with Crippen molar-refractivity contribution in [1.82, 2.24) is 0 Å². The average Bonchev–Trinajstić information content (AvgIpc) is 3.47. The van der Waals surface area contributed by atoms with E-state index in [0.29, 0.717) is 30.2 Å². The molecule has 0 fully saturated rings. The van der Waals surface area contributed by atoms with Crippen molar-refractivity contribution in [2.24, 2.45) is 5.92 Å². The third-order valence-electron chi connectivity index (χ3n) is 5.86. The summed E-state index contributed by atoms with van der Waals surface area (Å²) in [6.07, 6.45) is 3.45. The minimum atomic E-state index is -0.827. The molecule has 2 aromatic carbocycles. The fraction of sp³-hybridized carbons (Fsp3) is 0.286. The molecule has 1 amide bonds. The number of aliphatic hydroxyl groups is 1. The van der Waals surface area contributed by atoms with Crippen molar-refractivity contribution >= 4 is 17.4 Å². The topological polar surface area (TPSA) is 89.2 Å². The van der Waals surface area contributed by atoms with E-state index in [0.717, 1.165) is 11.1 Å². The first kappa shape index (κ1) is 24.3. The lowest BCUT2D eigenvalue weighted by Crippen LogP contribution is -2.31. The molecule has 1 aliphatic rings. The lowest BCUT2D eigenvalue weighted by Gasteiger charge is -2.28. The van der Waals surface area contributed by atoms with Crippen LogP contribution < -0.4 is 9.64 Å². The van der Waals surface area contributed by atoms with Gasteiger partial charge in [0.1, 0.15) is 12.4 Å². The van der Waals surface area contributed by atoms with Crippen LogP contribution >= 0.6 is 0 Å². The number of nitrogens with zero attached hydrogens (tertiary/aromatic N) is 1. The smallest absolute Gasteiger partial charge is 0.294 e. The van der Waals surface area contributed by atoms with Crippen LogP contribution in [0.3, 0.4) is 0 Å². The number of carbonyl (C=O) groups excluding carboxylic acids is 2. The summed E-state index contributed by atoms with van der Waals surface area (Å²) in [5.74, 6) is -0.821. The summed E-state index contributed by atoms with van der Waals surface area (Å²) in [6.45, 7) is 4.54. The molecule has 4 rings (SSSR count). The molecule has 7 nitrogen and oxygen atoms in total. The summed E-state index contributed by atoms with van der Waals surface area (Å²) < 4.78 is 16.2. The van der Waals surface area contributed by atoms with Crippen LogP contribution in [-0.2, 0) is 14.3 Å². The first-order valence-corrected chi connectivity index (χ1v) is 11.6. The van der Waals surface area contributed by atoms with Crippen LogP contribution in [0.1, 0.15) is 31.9 Å². The fourth-order valence-corrected chi connectivity index (χ4v) is 4.25. The number of ketones is 1. The zero-order valence-electron chi connectivity index (χ0n) is 20.1. The lowest BCUT2D eigenvalue weighted by atomic mass is 9.91. The van der Waals surface area contributed by atoms with Crippen molar-refractivity contribution in [3.8, 4) is 16.9 Å². The summed E-state index contributed by atoms with van der Waals surface area (Å²) in [7, 11) is 1.59. The predicted molar refractivity (Wildman–Crippen MR) is 132 cm³/mol. The van der Waals surface area contributed by atoms with Crippen molar-refractivity contribution in [3.05, 3.63) is 84.0 Å². The van der Waals surface area contributed by atoms with Crippen LogP contribution in [0.25, 0.3) is 11.1 Å². The second-order valence-electron chi connectivity index (χ2n) is 8.80. The zero-order valence-corrected chi connectivity index (χ0v) is 20.1. The standard InChI is InChI=1S/C28H29NO6/c1-18(2)16-23(30)25-26(22-6-4-5-7-24(22)35-15-14-33-3)29(28(32)27(25)31)21-10-8-19(9-11-21)20-12-13-34-17-20/h4-13,17-18,26,31H,14-16H2,1-3H3. The van der Waals surface area contributed by atoms with E-state index in [-0.39, 0.29) is 23.7 Å². The first-order chi connectivity index (χ1) is 16.9. The molecule has 35 heavy (non-hydrogen) atoms. The van der Waals surface area contributed by atoms with Crippen molar-refractivity contribution < 1.29 is 28.6 Å². The number of para-hydroxylation sites is 1. The van der Waals surface area contributed by atoms with Gasteiger partial charge >= 0.3 is 0 Å². The lowest BCUT2D eigenvalue weighted by molar-refractivity contribution is -0.118. The molecule has 3 aromatic rings. The van der Waals surface area contributed by atoms with Gasteiger partial charge in [0.25, 0.3) is 5.91 Å². The van der Waals surface area contributed by atoms with Gasteiger partial charge in [0.05, 0.1) is 30.7 Å². The summed E-state index contributed by atoms with van der Waals surface area (Å²) in [4.78, 5) is 28.1. The quantitative estimate of drug-likeness (QED) is 0.390. The Labute approximate surface area is 204 Å². The molecular formula is C28H29NO6. The molecule has 1 N–H and O–H groups in total. The van der Waals surface area contributed by atoms with Crippen molar-refractivity contribution in [1.29, 1.82) is 0 Å². The largest absolute Gasteiger partial charge is 0.503 e. The molecule has 0 saturated carbocycles. The van der Waals surface area contributed by atoms with Gasteiger partial charge in [0, 0.05) is 30.3 Å². The van der Waals surface area contributed by atoms with Gasteiger partial charge in [0.15, 0.2) is 11.5 Å². The number of hydrogen-bond acceptors (Lipinski definition) is 6. The van der Waals surface area contributed by atoms with Crippen molar-refractivity contribution in [2.45, 2.75) is 26.3 Å². The van der Waals surface area contributed by atoms with E-state index in [2.05, 4.69) is 0 Å². The van der Waals surface area contributed by atoms with E-state index < -0.39 is 17.7 Å². The van der Waals surface area contributed by atoms with Gasteiger partial charge < -0.3 is 19.0 Å². The monoisotopic (exact) mass is 475 g/mol. The minimum absolute atomic E-state index is 0.0649.